The first-order chi connectivity index (χ1) is 9.40. The van der Waals surface area contributed by atoms with Gasteiger partial charge in [0.05, 0.1) is 0 Å². The summed E-state index contributed by atoms with van der Waals surface area (Å²) in [6.07, 6.45) is 8.33. The molecule has 0 spiro atoms. The lowest BCUT2D eigenvalue weighted by molar-refractivity contribution is -0.157. The fourth-order valence-corrected chi connectivity index (χ4v) is 2.26. The van der Waals surface area contributed by atoms with E-state index in [0.29, 0.717) is 0 Å². The minimum Gasteiger partial charge on any atom is -0.459 e. The van der Waals surface area contributed by atoms with Gasteiger partial charge in [-0.25, -0.2) is 0 Å². The van der Waals surface area contributed by atoms with Crippen LogP contribution >= 0.6 is 15.9 Å². The normalized spacial score (nSPS) is 13.2. The fourth-order valence-electron chi connectivity index (χ4n) is 2.03. The summed E-state index contributed by atoms with van der Waals surface area (Å²) in [5.74, 6) is -0.119. The van der Waals surface area contributed by atoms with E-state index in [1.54, 1.807) is 0 Å². The maximum Gasteiger partial charge on any atom is 0.323 e. The van der Waals surface area contributed by atoms with Gasteiger partial charge in [0.15, 0.2) is 0 Å². The summed E-state index contributed by atoms with van der Waals surface area (Å²) in [4.78, 5) is 12.1. The molecule has 0 aromatic heterocycles. The van der Waals surface area contributed by atoms with Crippen LogP contribution in [0.3, 0.4) is 0 Å². The number of hydrogen-bond donors (Lipinski definition) is 1. The second kappa shape index (κ2) is 11.6. The van der Waals surface area contributed by atoms with Crippen LogP contribution in [0, 0.1) is 0 Å². The number of esters is 1. The molecule has 1 atom stereocenters. The zero-order valence-electron chi connectivity index (χ0n) is 13.6. The van der Waals surface area contributed by atoms with Crippen molar-refractivity contribution in [2.45, 2.75) is 84.3 Å². The van der Waals surface area contributed by atoms with Crippen molar-refractivity contribution in [1.29, 1.82) is 0 Å². The van der Waals surface area contributed by atoms with E-state index in [4.69, 9.17) is 4.74 Å². The molecule has 0 aromatic rings. The summed E-state index contributed by atoms with van der Waals surface area (Å²) < 4.78 is 5.48. The molecule has 20 heavy (non-hydrogen) atoms. The maximum atomic E-state index is 12.1. The predicted molar refractivity (Wildman–Crippen MR) is 89.4 cm³/mol. The van der Waals surface area contributed by atoms with Crippen LogP contribution in [0.2, 0.25) is 0 Å². The van der Waals surface area contributed by atoms with Crippen molar-refractivity contribution in [3.05, 3.63) is 0 Å². The zero-order valence-corrected chi connectivity index (χ0v) is 15.2. The second-order valence-corrected chi connectivity index (χ2v) is 7.08. The molecule has 0 bridgehead atoms. The first-order valence-corrected chi connectivity index (χ1v) is 9.05. The minimum atomic E-state index is -0.410. The number of unbranched alkanes of at least 4 members (excludes halogenated alkanes) is 5. The molecular formula is C16H32BrNO2. The van der Waals surface area contributed by atoms with Gasteiger partial charge in [0.1, 0.15) is 11.6 Å². The van der Waals surface area contributed by atoms with E-state index in [1.807, 2.05) is 20.8 Å². The number of halogens is 1. The van der Waals surface area contributed by atoms with Crippen molar-refractivity contribution in [2.75, 3.05) is 11.9 Å². The lowest BCUT2D eigenvalue weighted by Crippen LogP contribution is -2.42. The number of ether oxygens (including phenoxy) is 1. The largest absolute Gasteiger partial charge is 0.459 e. The Hall–Kier alpha value is -0.0900. The molecule has 3 nitrogen and oxygen atoms in total. The van der Waals surface area contributed by atoms with E-state index in [9.17, 15) is 4.79 Å². The van der Waals surface area contributed by atoms with E-state index in [1.165, 1.54) is 32.1 Å². The van der Waals surface area contributed by atoms with Crippen LogP contribution < -0.4 is 5.32 Å². The number of rotatable bonds is 11. The molecular weight excluding hydrogens is 318 g/mol. The molecule has 1 unspecified atom stereocenters. The van der Waals surface area contributed by atoms with Gasteiger partial charge in [-0.2, -0.15) is 0 Å². The standard InChI is InChI=1S/C16H32BrNO2/c1-5-6-7-8-9-10-11-14(18-13-12-17)15(19)20-16(2,3)4/h14,18H,5-13H2,1-4H3. The van der Waals surface area contributed by atoms with E-state index in [-0.39, 0.29) is 12.0 Å². The van der Waals surface area contributed by atoms with Gasteiger partial charge in [-0.05, 0) is 27.2 Å². The summed E-state index contributed by atoms with van der Waals surface area (Å²) in [6.45, 7) is 8.76. The summed E-state index contributed by atoms with van der Waals surface area (Å²) in [5, 5.41) is 4.12. The number of nitrogens with one attached hydrogen (secondary N) is 1. The molecule has 0 radical (unpaired) electrons. The van der Waals surface area contributed by atoms with Gasteiger partial charge in [-0.3, -0.25) is 4.79 Å². The second-order valence-electron chi connectivity index (χ2n) is 6.29. The van der Waals surface area contributed by atoms with Gasteiger partial charge in [-0.15, -0.1) is 0 Å². The Morgan fingerprint density at radius 1 is 1.15 bits per heavy atom. The zero-order chi connectivity index (χ0) is 15.4. The average Bonchev–Trinajstić information content (AvgIpc) is 2.34. The monoisotopic (exact) mass is 349 g/mol. The maximum absolute atomic E-state index is 12.1. The van der Waals surface area contributed by atoms with Crippen LogP contribution in [-0.2, 0) is 9.53 Å². The van der Waals surface area contributed by atoms with Crippen LogP contribution in [0.25, 0.3) is 0 Å². The van der Waals surface area contributed by atoms with Gasteiger partial charge >= 0.3 is 5.97 Å². The third kappa shape index (κ3) is 11.7. The Morgan fingerprint density at radius 2 is 1.75 bits per heavy atom. The predicted octanol–water partition coefficient (Wildman–Crippen LogP) is 4.43. The highest BCUT2D eigenvalue weighted by Gasteiger charge is 2.24. The number of alkyl halides is 1. The Labute approximate surface area is 133 Å². The SMILES string of the molecule is CCCCCCCCC(NCCBr)C(=O)OC(C)(C)C. The average molecular weight is 350 g/mol. The van der Waals surface area contributed by atoms with E-state index in [0.717, 1.165) is 24.7 Å². The summed E-state index contributed by atoms with van der Waals surface area (Å²) in [6, 6.07) is -0.169. The number of carbonyl (C=O) groups excluding carboxylic acids is 1. The van der Waals surface area contributed by atoms with Crippen LogP contribution in [0.5, 0.6) is 0 Å². The van der Waals surface area contributed by atoms with Crippen LogP contribution in [0.15, 0.2) is 0 Å². The van der Waals surface area contributed by atoms with E-state index >= 15 is 0 Å². The van der Waals surface area contributed by atoms with Gasteiger partial charge in [0, 0.05) is 11.9 Å². The Balaban J connectivity index is 4.04. The summed E-state index contributed by atoms with van der Waals surface area (Å²) >= 11 is 3.38. The molecule has 120 valence electrons. The van der Waals surface area contributed by atoms with E-state index < -0.39 is 5.60 Å². The smallest absolute Gasteiger partial charge is 0.323 e. The molecule has 0 rings (SSSR count). The molecule has 0 heterocycles. The third-order valence-electron chi connectivity index (χ3n) is 3.02. The van der Waals surface area contributed by atoms with Crippen molar-refractivity contribution in [3.8, 4) is 0 Å². The van der Waals surface area contributed by atoms with Crippen LogP contribution in [-0.4, -0.2) is 29.5 Å². The molecule has 0 aromatic carbocycles. The van der Waals surface area contributed by atoms with Gasteiger partial charge in [0.25, 0.3) is 0 Å². The number of hydrogen-bond acceptors (Lipinski definition) is 3. The highest BCUT2D eigenvalue weighted by Crippen LogP contribution is 2.13. The first-order valence-electron chi connectivity index (χ1n) is 7.93. The van der Waals surface area contributed by atoms with Crippen molar-refractivity contribution < 1.29 is 9.53 Å². The van der Waals surface area contributed by atoms with Gasteiger partial charge in [0.2, 0.25) is 0 Å². The Bertz CT molecular complexity index is 251. The van der Waals surface area contributed by atoms with E-state index in [2.05, 4.69) is 28.2 Å². The molecule has 1 N–H and O–H groups in total. The van der Waals surface area contributed by atoms with Gasteiger partial charge < -0.3 is 10.1 Å². The molecule has 4 heteroatoms. The van der Waals surface area contributed by atoms with Crippen molar-refractivity contribution in [1.82, 2.24) is 5.32 Å². The van der Waals surface area contributed by atoms with Crippen LogP contribution in [0.1, 0.15) is 72.6 Å². The molecule has 0 amide bonds. The minimum absolute atomic E-state index is 0.119. The third-order valence-corrected chi connectivity index (χ3v) is 3.42. The molecule has 0 aliphatic rings. The summed E-state index contributed by atoms with van der Waals surface area (Å²) in [5.41, 5.74) is -0.410. The topological polar surface area (TPSA) is 38.3 Å². The quantitative estimate of drug-likeness (QED) is 0.340. The van der Waals surface area contributed by atoms with Crippen molar-refractivity contribution >= 4 is 21.9 Å². The van der Waals surface area contributed by atoms with Crippen molar-refractivity contribution in [2.24, 2.45) is 0 Å². The molecule has 0 aliphatic heterocycles. The Morgan fingerprint density at radius 3 is 2.30 bits per heavy atom. The highest BCUT2D eigenvalue weighted by atomic mass is 79.9. The molecule has 0 saturated heterocycles. The van der Waals surface area contributed by atoms with Gasteiger partial charge in [-0.1, -0.05) is 61.4 Å². The fraction of sp³-hybridized carbons (Fsp3) is 0.938. The highest BCUT2D eigenvalue weighted by molar-refractivity contribution is 9.09. The lowest BCUT2D eigenvalue weighted by atomic mass is 10.1. The molecule has 0 saturated carbocycles. The van der Waals surface area contributed by atoms with Crippen molar-refractivity contribution in [3.63, 3.8) is 0 Å². The Kier molecular flexibility index (Phi) is 11.5. The molecule has 0 aliphatic carbocycles. The molecule has 0 fully saturated rings. The number of carbonyl (C=O) groups is 1. The van der Waals surface area contributed by atoms with Crippen LogP contribution in [0.4, 0.5) is 0 Å². The summed E-state index contributed by atoms with van der Waals surface area (Å²) in [7, 11) is 0. The lowest BCUT2D eigenvalue weighted by Gasteiger charge is -2.24. The first kappa shape index (κ1) is 19.9.